The molecule has 1 aliphatic carbocycles. The Bertz CT molecular complexity index is 1050. The fraction of sp³-hybridized carbons (Fsp3) is 0.462. The second-order valence-electron chi connectivity index (χ2n) is 9.40. The van der Waals surface area contributed by atoms with Gasteiger partial charge in [0.05, 0.1) is 16.0 Å². The van der Waals surface area contributed by atoms with Crippen molar-refractivity contribution >= 4 is 59.0 Å². The Kier molecular flexibility index (Phi) is 9.75. The SMILES string of the molecule is CN(C(=O)c1ccc(Cl)cc1)[C@@H]1CCN(C(=O)[C@H]2CCCC[C@H]2N)C[C@H]1c1ccc(Cl)c(Cl)c1.Cl. The van der Waals surface area contributed by atoms with Crippen LogP contribution in [0.25, 0.3) is 0 Å². The van der Waals surface area contributed by atoms with E-state index in [1.165, 1.54) is 0 Å². The van der Waals surface area contributed by atoms with E-state index >= 15 is 0 Å². The Hall–Kier alpha value is -1.50. The zero-order valence-corrected chi connectivity index (χ0v) is 22.7. The molecule has 0 spiro atoms. The van der Waals surface area contributed by atoms with Crippen molar-refractivity contribution in [3.05, 3.63) is 68.7 Å². The van der Waals surface area contributed by atoms with Crippen molar-refractivity contribution in [2.45, 2.75) is 50.1 Å². The average molecular weight is 559 g/mol. The number of rotatable bonds is 4. The van der Waals surface area contributed by atoms with Crippen molar-refractivity contribution in [1.82, 2.24) is 9.80 Å². The van der Waals surface area contributed by atoms with Gasteiger partial charge in [-0.3, -0.25) is 9.59 Å². The summed E-state index contributed by atoms with van der Waals surface area (Å²) < 4.78 is 0. The number of likely N-dealkylation sites (tertiary alicyclic amines) is 1. The summed E-state index contributed by atoms with van der Waals surface area (Å²) in [6.45, 7) is 1.09. The maximum absolute atomic E-state index is 13.4. The Balaban J connectivity index is 0.00000342. The molecule has 1 saturated heterocycles. The molecule has 2 amide bonds. The molecule has 190 valence electrons. The van der Waals surface area contributed by atoms with E-state index in [-0.39, 0.29) is 48.1 Å². The summed E-state index contributed by atoms with van der Waals surface area (Å²) in [6.07, 6.45) is 4.51. The van der Waals surface area contributed by atoms with Gasteiger partial charge in [0.25, 0.3) is 5.91 Å². The number of piperidine rings is 1. The quantitative estimate of drug-likeness (QED) is 0.497. The fourth-order valence-electron chi connectivity index (χ4n) is 5.32. The van der Waals surface area contributed by atoms with Gasteiger partial charge in [-0.05, 0) is 61.2 Å². The first-order valence-corrected chi connectivity index (χ1v) is 12.9. The number of amides is 2. The van der Waals surface area contributed by atoms with Gasteiger partial charge in [0.2, 0.25) is 5.91 Å². The van der Waals surface area contributed by atoms with Crippen LogP contribution < -0.4 is 5.73 Å². The van der Waals surface area contributed by atoms with E-state index in [0.717, 1.165) is 31.2 Å². The van der Waals surface area contributed by atoms with Crippen LogP contribution in [-0.2, 0) is 4.79 Å². The molecule has 5 nitrogen and oxygen atoms in total. The minimum absolute atomic E-state index is 0. The molecule has 4 atom stereocenters. The van der Waals surface area contributed by atoms with Crippen molar-refractivity contribution < 1.29 is 9.59 Å². The first-order chi connectivity index (χ1) is 16.3. The van der Waals surface area contributed by atoms with Crippen molar-refractivity contribution in [3.63, 3.8) is 0 Å². The summed E-state index contributed by atoms with van der Waals surface area (Å²) in [4.78, 5) is 30.4. The molecule has 2 aromatic carbocycles. The van der Waals surface area contributed by atoms with Crippen LogP contribution in [0.4, 0.5) is 0 Å². The van der Waals surface area contributed by atoms with Crippen LogP contribution in [0.2, 0.25) is 15.1 Å². The average Bonchev–Trinajstić information content (AvgIpc) is 2.85. The van der Waals surface area contributed by atoms with Gasteiger partial charge in [-0.25, -0.2) is 0 Å². The van der Waals surface area contributed by atoms with Gasteiger partial charge in [0.15, 0.2) is 0 Å². The Morgan fingerprint density at radius 3 is 2.31 bits per heavy atom. The van der Waals surface area contributed by atoms with Crippen LogP contribution >= 0.6 is 47.2 Å². The highest BCUT2D eigenvalue weighted by atomic mass is 35.5. The van der Waals surface area contributed by atoms with Crippen LogP contribution in [0.3, 0.4) is 0 Å². The summed E-state index contributed by atoms with van der Waals surface area (Å²) in [5, 5.41) is 1.52. The van der Waals surface area contributed by atoms with Crippen molar-refractivity contribution in [2.24, 2.45) is 11.7 Å². The second-order valence-corrected chi connectivity index (χ2v) is 10.6. The number of hydrogen-bond donors (Lipinski definition) is 1. The predicted octanol–water partition coefficient (Wildman–Crippen LogP) is 6.04. The second kappa shape index (κ2) is 12.2. The third-order valence-electron chi connectivity index (χ3n) is 7.31. The van der Waals surface area contributed by atoms with Gasteiger partial charge in [0, 0.05) is 48.7 Å². The van der Waals surface area contributed by atoms with E-state index in [2.05, 4.69) is 0 Å². The van der Waals surface area contributed by atoms with Crippen molar-refractivity contribution in [2.75, 3.05) is 20.1 Å². The minimum atomic E-state index is -0.131. The van der Waals surface area contributed by atoms with E-state index in [9.17, 15) is 9.59 Å². The molecule has 2 fully saturated rings. The van der Waals surface area contributed by atoms with E-state index < -0.39 is 0 Å². The van der Waals surface area contributed by atoms with Gasteiger partial charge >= 0.3 is 0 Å². The maximum atomic E-state index is 13.4. The summed E-state index contributed by atoms with van der Waals surface area (Å²) in [7, 11) is 1.82. The normalized spacial score (nSPS) is 24.4. The smallest absolute Gasteiger partial charge is 0.253 e. The monoisotopic (exact) mass is 557 g/mol. The fourth-order valence-corrected chi connectivity index (χ4v) is 5.75. The first-order valence-electron chi connectivity index (χ1n) is 11.8. The molecule has 2 aliphatic rings. The molecule has 0 aromatic heterocycles. The summed E-state index contributed by atoms with van der Waals surface area (Å²) >= 11 is 18.5. The number of carbonyl (C=O) groups is 2. The van der Waals surface area contributed by atoms with Crippen LogP contribution in [0.1, 0.15) is 53.9 Å². The molecule has 1 heterocycles. The zero-order chi connectivity index (χ0) is 24.4. The molecule has 2 aromatic rings. The lowest BCUT2D eigenvalue weighted by molar-refractivity contribution is -0.139. The molecule has 9 heteroatoms. The Labute approximate surface area is 228 Å². The number of benzene rings is 2. The van der Waals surface area contributed by atoms with Gasteiger partial charge in [-0.1, -0.05) is 53.7 Å². The molecule has 0 bridgehead atoms. The number of likely N-dealkylation sites (N-methyl/N-ethyl adjacent to an activating group) is 1. The van der Waals surface area contributed by atoms with Crippen LogP contribution in [-0.4, -0.2) is 53.8 Å². The van der Waals surface area contributed by atoms with Gasteiger partial charge in [0.1, 0.15) is 0 Å². The highest BCUT2D eigenvalue weighted by Gasteiger charge is 2.39. The van der Waals surface area contributed by atoms with Gasteiger partial charge < -0.3 is 15.5 Å². The zero-order valence-electron chi connectivity index (χ0n) is 19.6. The van der Waals surface area contributed by atoms with E-state index in [1.54, 1.807) is 35.2 Å². The third kappa shape index (κ3) is 6.26. The van der Waals surface area contributed by atoms with Gasteiger partial charge in [-0.2, -0.15) is 0 Å². The number of nitrogens with two attached hydrogens (primary N) is 1. The summed E-state index contributed by atoms with van der Waals surface area (Å²) in [6, 6.07) is 12.3. The highest BCUT2D eigenvalue weighted by molar-refractivity contribution is 6.42. The molecular formula is C26H31Cl4N3O2. The predicted molar refractivity (Wildman–Crippen MR) is 145 cm³/mol. The number of carbonyl (C=O) groups excluding carboxylic acids is 2. The first kappa shape index (κ1) is 28.1. The van der Waals surface area contributed by atoms with Crippen LogP contribution in [0.15, 0.2) is 42.5 Å². The van der Waals surface area contributed by atoms with Crippen LogP contribution in [0, 0.1) is 5.92 Å². The Morgan fingerprint density at radius 2 is 1.66 bits per heavy atom. The molecule has 0 radical (unpaired) electrons. The number of halogens is 4. The summed E-state index contributed by atoms with van der Waals surface area (Å²) in [5.74, 6) is -0.190. The van der Waals surface area contributed by atoms with Crippen molar-refractivity contribution in [1.29, 1.82) is 0 Å². The molecule has 35 heavy (non-hydrogen) atoms. The standard InChI is InChI=1S/C26H30Cl3N3O2.ClH/c1-31(25(33)16-6-9-18(27)10-7-16)24-12-13-32(26(34)19-4-2-3-5-23(19)30)15-20(24)17-8-11-21(28)22(29)14-17;/h6-11,14,19-20,23-24H,2-5,12-13,15,30H2,1H3;1H/t19-,20-,23+,24+;/m0./s1. The topological polar surface area (TPSA) is 66.6 Å². The van der Waals surface area contributed by atoms with Crippen molar-refractivity contribution in [3.8, 4) is 0 Å². The number of nitrogens with zero attached hydrogens (tertiary/aromatic N) is 2. The third-order valence-corrected chi connectivity index (χ3v) is 8.30. The minimum Gasteiger partial charge on any atom is -0.342 e. The largest absolute Gasteiger partial charge is 0.342 e. The molecular weight excluding hydrogens is 528 g/mol. The lowest BCUT2D eigenvalue weighted by Crippen LogP contribution is -2.54. The summed E-state index contributed by atoms with van der Waals surface area (Å²) in [5.41, 5.74) is 7.85. The molecule has 4 rings (SSSR count). The molecule has 2 N–H and O–H groups in total. The lowest BCUT2D eigenvalue weighted by atomic mass is 9.81. The van der Waals surface area contributed by atoms with E-state index in [1.807, 2.05) is 24.1 Å². The maximum Gasteiger partial charge on any atom is 0.253 e. The molecule has 0 unspecified atom stereocenters. The molecule has 1 saturated carbocycles. The number of hydrogen-bond acceptors (Lipinski definition) is 3. The van der Waals surface area contributed by atoms with Crippen LogP contribution in [0.5, 0.6) is 0 Å². The van der Waals surface area contributed by atoms with Gasteiger partial charge in [-0.15, -0.1) is 12.4 Å². The molecule has 1 aliphatic heterocycles. The van der Waals surface area contributed by atoms with E-state index in [0.29, 0.717) is 40.1 Å². The lowest BCUT2D eigenvalue weighted by Gasteiger charge is -2.44. The highest BCUT2D eigenvalue weighted by Crippen LogP contribution is 2.36. The van der Waals surface area contributed by atoms with E-state index in [4.69, 9.17) is 40.5 Å². The Morgan fingerprint density at radius 1 is 0.971 bits per heavy atom.